The highest BCUT2D eigenvalue weighted by atomic mass is 127. The monoisotopic (exact) mass is 475 g/mol. The summed E-state index contributed by atoms with van der Waals surface area (Å²) >= 11 is 0. The van der Waals surface area contributed by atoms with Crippen molar-refractivity contribution >= 4 is 29.9 Å². The van der Waals surface area contributed by atoms with E-state index in [-0.39, 0.29) is 24.0 Å². The molecule has 0 fully saturated rings. The van der Waals surface area contributed by atoms with Gasteiger partial charge in [-0.15, -0.1) is 24.0 Å². The SMILES string of the molecule is CN=C(NCc1cnn(-c2ccccc2)c1)NCC(C)c1ccccc1.I. The van der Waals surface area contributed by atoms with Gasteiger partial charge in [0.25, 0.3) is 0 Å². The van der Waals surface area contributed by atoms with Gasteiger partial charge in [0.15, 0.2) is 5.96 Å². The van der Waals surface area contributed by atoms with Gasteiger partial charge in [0.2, 0.25) is 0 Å². The van der Waals surface area contributed by atoms with Gasteiger partial charge in [-0.1, -0.05) is 55.5 Å². The molecule has 0 radical (unpaired) electrons. The number of guanidine groups is 1. The van der Waals surface area contributed by atoms with Crippen molar-refractivity contribution in [2.24, 2.45) is 4.99 Å². The number of hydrogen-bond donors (Lipinski definition) is 2. The van der Waals surface area contributed by atoms with Gasteiger partial charge in [0.05, 0.1) is 11.9 Å². The third-order valence-corrected chi connectivity index (χ3v) is 4.28. The molecule has 0 spiro atoms. The molecule has 0 saturated heterocycles. The van der Waals surface area contributed by atoms with E-state index in [1.54, 1.807) is 7.05 Å². The second-order valence-electron chi connectivity index (χ2n) is 6.25. The lowest BCUT2D eigenvalue weighted by molar-refractivity contribution is 0.699. The minimum absolute atomic E-state index is 0. The number of nitrogens with zero attached hydrogens (tertiary/aromatic N) is 3. The van der Waals surface area contributed by atoms with Crippen LogP contribution in [-0.4, -0.2) is 29.3 Å². The van der Waals surface area contributed by atoms with E-state index in [9.17, 15) is 0 Å². The van der Waals surface area contributed by atoms with Crippen molar-refractivity contribution in [3.05, 3.63) is 84.2 Å². The zero-order chi connectivity index (χ0) is 18.2. The first kappa shape index (κ1) is 21.0. The van der Waals surface area contributed by atoms with Crippen LogP contribution in [0.1, 0.15) is 24.0 Å². The molecule has 0 aliphatic rings. The van der Waals surface area contributed by atoms with Crippen molar-refractivity contribution in [3.8, 4) is 5.69 Å². The minimum Gasteiger partial charge on any atom is -0.356 e. The molecule has 0 aliphatic heterocycles. The molecule has 3 rings (SSSR count). The highest BCUT2D eigenvalue weighted by Crippen LogP contribution is 2.13. The van der Waals surface area contributed by atoms with E-state index in [0.717, 1.165) is 23.8 Å². The van der Waals surface area contributed by atoms with Crippen LogP contribution in [0.15, 0.2) is 78.0 Å². The van der Waals surface area contributed by atoms with Crippen LogP contribution in [0.4, 0.5) is 0 Å². The summed E-state index contributed by atoms with van der Waals surface area (Å²) in [7, 11) is 1.79. The number of para-hydroxylation sites is 1. The molecule has 1 heterocycles. The van der Waals surface area contributed by atoms with Gasteiger partial charge < -0.3 is 10.6 Å². The van der Waals surface area contributed by atoms with Crippen molar-refractivity contribution in [2.45, 2.75) is 19.4 Å². The Kier molecular flexibility index (Phi) is 8.32. The van der Waals surface area contributed by atoms with Crippen LogP contribution < -0.4 is 10.6 Å². The fourth-order valence-electron chi connectivity index (χ4n) is 2.73. The lowest BCUT2D eigenvalue weighted by atomic mass is 10.0. The van der Waals surface area contributed by atoms with Crippen LogP contribution in [-0.2, 0) is 6.54 Å². The van der Waals surface area contributed by atoms with Crippen molar-refractivity contribution < 1.29 is 0 Å². The molecule has 142 valence electrons. The van der Waals surface area contributed by atoms with Gasteiger partial charge in [0.1, 0.15) is 0 Å². The number of nitrogens with one attached hydrogen (secondary N) is 2. The molecule has 0 saturated carbocycles. The summed E-state index contributed by atoms with van der Waals surface area (Å²) in [6.07, 6.45) is 3.90. The van der Waals surface area contributed by atoms with Crippen LogP contribution in [0.25, 0.3) is 5.69 Å². The number of benzene rings is 2. The molecule has 27 heavy (non-hydrogen) atoms. The van der Waals surface area contributed by atoms with E-state index < -0.39 is 0 Å². The van der Waals surface area contributed by atoms with Gasteiger partial charge in [-0.3, -0.25) is 4.99 Å². The predicted octanol–water partition coefficient (Wildman–Crippen LogP) is 3.96. The standard InChI is InChI=1S/C21H25N5.HI/c1-17(19-9-5-3-6-10-19)13-23-21(22-2)24-14-18-15-25-26(16-18)20-11-7-4-8-12-20;/h3-12,15-17H,13-14H2,1-2H3,(H2,22,23,24);1H. The summed E-state index contributed by atoms with van der Waals surface area (Å²) in [5, 5.41) is 11.2. The third kappa shape index (κ3) is 6.09. The number of aliphatic imine (C=N–C) groups is 1. The second-order valence-corrected chi connectivity index (χ2v) is 6.25. The summed E-state index contributed by atoms with van der Waals surface area (Å²) in [5.41, 5.74) is 3.48. The van der Waals surface area contributed by atoms with Crippen molar-refractivity contribution in [2.75, 3.05) is 13.6 Å². The minimum atomic E-state index is 0. The Hall–Kier alpha value is -2.35. The van der Waals surface area contributed by atoms with E-state index in [1.807, 2.05) is 53.5 Å². The molecular formula is C21H26IN5. The molecule has 0 amide bonds. The second kappa shape index (κ2) is 10.7. The highest BCUT2D eigenvalue weighted by molar-refractivity contribution is 14.0. The Bertz CT molecular complexity index is 830. The van der Waals surface area contributed by atoms with Crippen LogP contribution in [0.3, 0.4) is 0 Å². The molecule has 5 nitrogen and oxygen atoms in total. The van der Waals surface area contributed by atoms with E-state index >= 15 is 0 Å². The zero-order valence-corrected chi connectivity index (χ0v) is 18.0. The topological polar surface area (TPSA) is 54.2 Å². The molecule has 0 bridgehead atoms. The lowest BCUT2D eigenvalue weighted by Gasteiger charge is -2.16. The molecule has 0 aliphatic carbocycles. The molecule has 1 aromatic heterocycles. The van der Waals surface area contributed by atoms with E-state index in [0.29, 0.717) is 12.5 Å². The number of rotatable bonds is 6. The smallest absolute Gasteiger partial charge is 0.191 e. The average molecular weight is 475 g/mol. The average Bonchev–Trinajstić information content (AvgIpc) is 3.18. The van der Waals surface area contributed by atoms with Gasteiger partial charge in [-0.25, -0.2) is 4.68 Å². The highest BCUT2D eigenvalue weighted by Gasteiger charge is 2.07. The van der Waals surface area contributed by atoms with Crippen LogP contribution in [0.5, 0.6) is 0 Å². The van der Waals surface area contributed by atoms with E-state index in [2.05, 4.69) is 51.9 Å². The lowest BCUT2D eigenvalue weighted by Crippen LogP contribution is -2.38. The normalized spacial score (nSPS) is 12.1. The van der Waals surface area contributed by atoms with Gasteiger partial charge in [-0.05, 0) is 23.6 Å². The summed E-state index contributed by atoms with van der Waals surface area (Å²) in [6.45, 7) is 3.71. The van der Waals surface area contributed by atoms with Crippen LogP contribution in [0, 0.1) is 0 Å². The Morgan fingerprint density at radius 2 is 1.70 bits per heavy atom. The van der Waals surface area contributed by atoms with Crippen molar-refractivity contribution in [3.63, 3.8) is 0 Å². The van der Waals surface area contributed by atoms with Crippen molar-refractivity contribution in [1.82, 2.24) is 20.4 Å². The Morgan fingerprint density at radius 3 is 2.37 bits per heavy atom. The maximum atomic E-state index is 4.42. The third-order valence-electron chi connectivity index (χ3n) is 4.28. The largest absolute Gasteiger partial charge is 0.356 e. The van der Waals surface area contributed by atoms with Crippen LogP contribution in [0.2, 0.25) is 0 Å². The molecule has 6 heteroatoms. The summed E-state index contributed by atoms with van der Waals surface area (Å²) in [6, 6.07) is 20.6. The fraction of sp³-hybridized carbons (Fsp3) is 0.238. The summed E-state index contributed by atoms with van der Waals surface area (Å²) < 4.78 is 1.88. The molecule has 1 atom stereocenters. The molecule has 3 aromatic rings. The zero-order valence-electron chi connectivity index (χ0n) is 15.7. The number of halogens is 1. The first-order valence-electron chi connectivity index (χ1n) is 8.84. The Morgan fingerprint density at radius 1 is 1.04 bits per heavy atom. The Balaban J connectivity index is 0.00000261. The Labute approximate surface area is 177 Å². The van der Waals surface area contributed by atoms with Crippen molar-refractivity contribution in [1.29, 1.82) is 0 Å². The molecule has 2 N–H and O–H groups in total. The summed E-state index contributed by atoms with van der Waals surface area (Å²) in [4.78, 5) is 4.30. The number of hydrogen-bond acceptors (Lipinski definition) is 2. The first-order chi connectivity index (χ1) is 12.8. The number of aromatic nitrogens is 2. The maximum absolute atomic E-state index is 4.42. The molecule has 1 unspecified atom stereocenters. The fourth-order valence-corrected chi connectivity index (χ4v) is 2.73. The maximum Gasteiger partial charge on any atom is 0.191 e. The van der Waals surface area contributed by atoms with Gasteiger partial charge in [-0.2, -0.15) is 5.10 Å². The van der Waals surface area contributed by atoms with Crippen LogP contribution >= 0.6 is 24.0 Å². The van der Waals surface area contributed by atoms with E-state index in [4.69, 9.17) is 0 Å². The van der Waals surface area contributed by atoms with Gasteiger partial charge in [0, 0.05) is 31.9 Å². The molecular weight excluding hydrogens is 449 g/mol. The quantitative estimate of drug-likeness (QED) is 0.323. The first-order valence-corrected chi connectivity index (χ1v) is 8.84. The van der Waals surface area contributed by atoms with E-state index in [1.165, 1.54) is 5.56 Å². The van der Waals surface area contributed by atoms with Gasteiger partial charge >= 0.3 is 0 Å². The predicted molar refractivity (Wildman–Crippen MR) is 122 cm³/mol. The summed E-state index contributed by atoms with van der Waals surface area (Å²) in [5.74, 6) is 1.20. The molecule has 2 aromatic carbocycles.